The third-order valence-electron chi connectivity index (χ3n) is 2.56. The molecule has 1 aromatic carbocycles. The van der Waals surface area contributed by atoms with Gasteiger partial charge in [0, 0.05) is 29.2 Å². The van der Waals surface area contributed by atoms with Gasteiger partial charge in [-0.1, -0.05) is 12.1 Å². The Labute approximate surface area is 106 Å². The van der Waals surface area contributed by atoms with Gasteiger partial charge >= 0.3 is 0 Å². The zero-order chi connectivity index (χ0) is 13.2. The van der Waals surface area contributed by atoms with Gasteiger partial charge in [-0.15, -0.1) is 0 Å². The lowest BCUT2D eigenvalue weighted by Crippen LogP contribution is -2.35. The fraction of sp³-hybridized carbons (Fsp3) is 0.250. The number of rotatable bonds is 4. The second kappa shape index (κ2) is 5.01. The van der Waals surface area contributed by atoms with Crippen molar-refractivity contribution in [2.75, 3.05) is 6.61 Å². The van der Waals surface area contributed by atoms with Gasteiger partial charge in [0.2, 0.25) is 10.0 Å². The minimum Gasteiger partial charge on any atom is -0.395 e. The number of hydrogen-bond donors (Lipinski definition) is 2. The van der Waals surface area contributed by atoms with Gasteiger partial charge in [0.05, 0.1) is 11.5 Å². The van der Waals surface area contributed by atoms with Crippen LogP contribution in [0.3, 0.4) is 0 Å². The fourth-order valence-corrected chi connectivity index (χ4v) is 3.16. The highest BCUT2D eigenvalue weighted by molar-refractivity contribution is 7.89. The van der Waals surface area contributed by atoms with E-state index in [0.29, 0.717) is 5.39 Å². The van der Waals surface area contributed by atoms with Crippen LogP contribution in [-0.2, 0) is 10.0 Å². The summed E-state index contributed by atoms with van der Waals surface area (Å²) in [6.07, 6.45) is 3.17. The number of aliphatic hydroxyl groups excluding tert-OH is 1. The normalized spacial score (nSPS) is 13.7. The molecular weight excluding hydrogens is 252 g/mol. The second-order valence-corrected chi connectivity index (χ2v) is 5.74. The molecule has 1 atom stereocenters. The maximum atomic E-state index is 12.2. The summed E-state index contributed by atoms with van der Waals surface area (Å²) in [6, 6.07) is 6.15. The molecule has 0 unspecified atom stereocenters. The SMILES string of the molecule is C[C@@H](CO)NS(=O)(=O)c1cccc2cnccc12. The van der Waals surface area contributed by atoms with Gasteiger partial charge in [0.15, 0.2) is 0 Å². The van der Waals surface area contributed by atoms with Gasteiger partial charge < -0.3 is 5.11 Å². The van der Waals surface area contributed by atoms with E-state index in [4.69, 9.17) is 5.11 Å². The first-order valence-corrected chi connectivity index (χ1v) is 6.99. The lowest BCUT2D eigenvalue weighted by molar-refractivity contribution is 0.265. The van der Waals surface area contributed by atoms with Crippen molar-refractivity contribution in [3.8, 4) is 0 Å². The van der Waals surface area contributed by atoms with Crippen molar-refractivity contribution in [3.63, 3.8) is 0 Å². The predicted octanol–water partition coefficient (Wildman–Crippen LogP) is 0.894. The number of nitrogens with one attached hydrogen (secondary N) is 1. The van der Waals surface area contributed by atoms with Gasteiger partial charge in [-0.25, -0.2) is 13.1 Å². The first-order valence-electron chi connectivity index (χ1n) is 5.50. The molecule has 5 nitrogen and oxygen atoms in total. The fourth-order valence-electron chi connectivity index (χ4n) is 1.69. The Morgan fingerprint density at radius 3 is 2.89 bits per heavy atom. The molecule has 0 spiro atoms. The molecule has 18 heavy (non-hydrogen) atoms. The maximum Gasteiger partial charge on any atom is 0.241 e. The van der Waals surface area contributed by atoms with Gasteiger partial charge in [-0.3, -0.25) is 4.98 Å². The number of pyridine rings is 1. The van der Waals surface area contributed by atoms with E-state index in [1.54, 1.807) is 37.5 Å². The summed E-state index contributed by atoms with van der Waals surface area (Å²) in [7, 11) is -3.64. The van der Waals surface area contributed by atoms with E-state index in [1.807, 2.05) is 0 Å². The molecule has 0 aliphatic heterocycles. The van der Waals surface area contributed by atoms with E-state index in [-0.39, 0.29) is 11.5 Å². The van der Waals surface area contributed by atoms with Crippen LogP contribution in [0.15, 0.2) is 41.6 Å². The highest BCUT2D eigenvalue weighted by atomic mass is 32.2. The molecule has 0 amide bonds. The minimum absolute atomic E-state index is 0.197. The highest BCUT2D eigenvalue weighted by Crippen LogP contribution is 2.21. The molecule has 1 heterocycles. The Bertz CT molecular complexity index is 650. The Morgan fingerprint density at radius 2 is 2.17 bits per heavy atom. The number of hydrogen-bond acceptors (Lipinski definition) is 4. The molecule has 2 aromatic rings. The molecule has 0 saturated heterocycles. The van der Waals surface area contributed by atoms with Crippen molar-refractivity contribution in [2.45, 2.75) is 17.9 Å². The van der Waals surface area contributed by atoms with Crippen LogP contribution in [0.2, 0.25) is 0 Å². The zero-order valence-electron chi connectivity index (χ0n) is 9.87. The van der Waals surface area contributed by atoms with Crippen LogP contribution >= 0.6 is 0 Å². The lowest BCUT2D eigenvalue weighted by atomic mass is 10.2. The second-order valence-electron chi connectivity index (χ2n) is 4.06. The van der Waals surface area contributed by atoms with Crippen LogP contribution in [0.1, 0.15) is 6.92 Å². The predicted molar refractivity (Wildman–Crippen MR) is 68.6 cm³/mol. The molecule has 0 saturated carbocycles. The zero-order valence-corrected chi connectivity index (χ0v) is 10.7. The van der Waals surface area contributed by atoms with Gasteiger partial charge in [0.1, 0.15) is 0 Å². The molecule has 0 radical (unpaired) electrons. The lowest BCUT2D eigenvalue weighted by Gasteiger charge is -2.13. The molecular formula is C12H14N2O3S. The Kier molecular flexibility index (Phi) is 3.60. The summed E-state index contributed by atoms with van der Waals surface area (Å²) in [4.78, 5) is 4.15. The molecule has 2 N–H and O–H groups in total. The average Bonchev–Trinajstić information content (AvgIpc) is 2.37. The third kappa shape index (κ3) is 2.50. The van der Waals surface area contributed by atoms with Crippen LogP contribution in [-0.4, -0.2) is 31.2 Å². The largest absolute Gasteiger partial charge is 0.395 e. The Morgan fingerprint density at radius 1 is 1.39 bits per heavy atom. The van der Waals surface area contributed by atoms with E-state index in [9.17, 15) is 8.42 Å². The molecule has 2 rings (SSSR count). The topological polar surface area (TPSA) is 79.3 Å². The summed E-state index contributed by atoms with van der Waals surface area (Å²) < 4.78 is 26.8. The number of aliphatic hydroxyl groups is 1. The molecule has 6 heteroatoms. The van der Waals surface area contributed by atoms with Gasteiger partial charge in [-0.2, -0.15) is 0 Å². The van der Waals surface area contributed by atoms with E-state index in [0.717, 1.165) is 5.39 Å². The summed E-state index contributed by atoms with van der Waals surface area (Å²) in [6.45, 7) is 1.36. The van der Waals surface area contributed by atoms with Crippen molar-refractivity contribution in [3.05, 3.63) is 36.7 Å². The van der Waals surface area contributed by atoms with E-state index in [2.05, 4.69) is 9.71 Å². The Balaban J connectivity index is 2.54. The number of benzene rings is 1. The van der Waals surface area contributed by atoms with E-state index in [1.165, 1.54) is 6.07 Å². The van der Waals surface area contributed by atoms with Crippen LogP contribution in [0.4, 0.5) is 0 Å². The van der Waals surface area contributed by atoms with E-state index < -0.39 is 16.1 Å². The van der Waals surface area contributed by atoms with Crippen LogP contribution in [0.5, 0.6) is 0 Å². The third-order valence-corrected chi connectivity index (χ3v) is 4.21. The number of sulfonamides is 1. The first-order chi connectivity index (χ1) is 8.54. The molecule has 0 aliphatic rings. The van der Waals surface area contributed by atoms with Crippen LogP contribution in [0, 0.1) is 0 Å². The molecule has 0 aliphatic carbocycles. The minimum atomic E-state index is -3.64. The van der Waals surface area contributed by atoms with Crippen molar-refractivity contribution in [1.29, 1.82) is 0 Å². The van der Waals surface area contributed by atoms with Crippen molar-refractivity contribution in [1.82, 2.24) is 9.71 Å². The van der Waals surface area contributed by atoms with Crippen LogP contribution < -0.4 is 4.72 Å². The van der Waals surface area contributed by atoms with Gasteiger partial charge in [0.25, 0.3) is 0 Å². The summed E-state index contributed by atoms with van der Waals surface area (Å²) in [5.74, 6) is 0. The van der Waals surface area contributed by atoms with Crippen molar-refractivity contribution < 1.29 is 13.5 Å². The quantitative estimate of drug-likeness (QED) is 0.861. The number of aromatic nitrogens is 1. The highest BCUT2D eigenvalue weighted by Gasteiger charge is 2.19. The molecule has 96 valence electrons. The monoisotopic (exact) mass is 266 g/mol. The summed E-state index contributed by atoms with van der Waals surface area (Å²) in [5.41, 5.74) is 0. The average molecular weight is 266 g/mol. The number of nitrogens with zero attached hydrogens (tertiary/aromatic N) is 1. The first kappa shape index (κ1) is 12.9. The van der Waals surface area contributed by atoms with Gasteiger partial charge in [-0.05, 0) is 19.1 Å². The smallest absolute Gasteiger partial charge is 0.241 e. The van der Waals surface area contributed by atoms with E-state index >= 15 is 0 Å². The molecule has 0 fully saturated rings. The molecule has 1 aromatic heterocycles. The van der Waals surface area contributed by atoms with Crippen LogP contribution in [0.25, 0.3) is 10.8 Å². The summed E-state index contributed by atoms with van der Waals surface area (Å²) in [5, 5.41) is 10.3. The molecule has 0 bridgehead atoms. The standard InChI is InChI=1S/C12H14N2O3S/c1-9(8-15)14-18(16,17)12-4-2-3-10-7-13-6-5-11(10)12/h2-7,9,14-15H,8H2,1H3/t9-/m0/s1. The Hall–Kier alpha value is -1.50. The van der Waals surface area contributed by atoms with Crippen molar-refractivity contribution >= 4 is 20.8 Å². The summed E-state index contributed by atoms with van der Waals surface area (Å²) >= 11 is 0. The number of fused-ring (bicyclic) bond motifs is 1. The maximum absolute atomic E-state index is 12.2. The van der Waals surface area contributed by atoms with Crippen molar-refractivity contribution in [2.24, 2.45) is 0 Å².